The van der Waals surface area contributed by atoms with Crippen LogP contribution in [0.2, 0.25) is 0 Å². The Bertz CT molecular complexity index is 1020. The van der Waals surface area contributed by atoms with Crippen molar-refractivity contribution < 1.29 is 4.74 Å². The van der Waals surface area contributed by atoms with Crippen LogP contribution in [-0.2, 0) is 12.8 Å². The Kier molecular flexibility index (Phi) is 5.06. The molecule has 0 radical (unpaired) electrons. The third-order valence-corrected chi connectivity index (χ3v) is 4.81. The minimum Gasteiger partial charge on any atom is -0.495 e. The number of hydrogen-bond acceptors (Lipinski definition) is 3. The third-order valence-electron chi connectivity index (χ3n) is 4.81. The van der Waals surface area contributed by atoms with Crippen molar-refractivity contribution in [3.05, 3.63) is 84.3 Å². The largest absolute Gasteiger partial charge is 0.495 e. The molecule has 2 N–H and O–H groups in total. The standard InChI is InChI=1S/C23H23N3O/c1-27-23-15-17(9-10-22(23)26-19-11-13-24-14-12-19)5-4-6-18-16-25-21-8-3-2-7-20(18)21/h2-3,7-16,25H,4-6H2,1H3,(H,24,26). The first-order chi connectivity index (χ1) is 13.3. The zero-order valence-corrected chi connectivity index (χ0v) is 15.4. The van der Waals surface area contributed by atoms with Crippen molar-refractivity contribution in [3.8, 4) is 5.75 Å². The minimum atomic E-state index is 0.858. The molecule has 4 heteroatoms. The Morgan fingerprint density at radius 1 is 1.00 bits per heavy atom. The molecule has 2 aromatic carbocycles. The Morgan fingerprint density at radius 2 is 1.85 bits per heavy atom. The van der Waals surface area contributed by atoms with Crippen LogP contribution in [0.1, 0.15) is 17.5 Å². The van der Waals surface area contributed by atoms with Gasteiger partial charge in [0.1, 0.15) is 5.75 Å². The molecule has 0 amide bonds. The van der Waals surface area contributed by atoms with Crippen molar-refractivity contribution in [2.75, 3.05) is 12.4 Å². The fraction of sp³-hybridized carbons (Fsp3) is 0.174. The number of aromatic nitrogens is 2. The van der Waals surface area contributed by atoms with Crippen LogP contribution in [0.3, 0.4) is 0 Å². The summed E-state index contributed by atoms with van der Waals surface area (Å²) in [6, 6.07) is 18.7. The Hall–Kier alpha value is -3.27. The lowest BCUT2D eigenvalue weighted by atomic mass is 10.0. The first-order valence-corrected chi connectivity index (χ1v) is 9.22. The molecule has 136 valence electrons. The van der Waals surface area contributed by atoms with E-state index in [-0.39, 0.29) is 0 Å². The number of methoxy groups -OCH3 is 1. The van der Waals surface area contributed by atoms with Crippen LogP contribution in [0.5, 0.6) is 5.75 Å². The maximum Gasteiger partial charge on any atom is 0.142 e. The molecule has 4 aromatic rings. The Balaban J connectivity index is 1.42. The first kappa shape index (κ1) is 17.2. The maximum atomic E-state index is 5.58. The van der Waals surface area contributed by atoms with Crippen molar-refractivity contribution >= 4 is 22.3 Å². The number of nitrogens with one attached hydrogen (secondary N) is 2. The van der Waals surface area contributed by atoms with Crippen molar-refractivity contribution in [3.63, 3.8) is 0 Å². The molecule has 0 aliphatic carbocycles. The SMILES string of the molecule is COc1cc(CCCc2c[nH]c3ccccc23)ccc1Nc1ccncc1. The maximum absolute atomic E-state index is 5.58. The van der Waals surface area contributed by atoms with Crippen LogP contribution in [-0.4, -0.2) is 17.1 Å². The normalized spacial score (nSPS) is 10.9. The van der Waals surface area contributed by atoms with Crippen molar-refractivity contribution in [1.29, 1.82) is 0 Å². The molecular formula is C23H23N3O. The number of rotatable bonds is 7. The summed E-state index contributed by atoms with van der Waals surface area (Å²) in [4.78, 5) is 7.40. The van der Waals surface area contributed by atoms with E-state index in [1.54, 1.807) is 19.5 Å². The van der Waals surface area contributed by atoms with Gasteiger partial charge in [-0.2, -0.15) is 0 Å². The number of pyridine rings is 1. The molecule has 0 saturated heterocycles. The van der Waals surface area contributed by atoms with Gasteiger partial charge in [-0.1, -0.05) is 24.3 Å². The van der Waals surface area contributed by atoms with Gasteiger partial charge in [-0.25, -0.2) is 0 Å². The number of para-hydroxylation sites is 1. The van der Waals surface area contributed by atoms with Crippen LogP contribution < -0.4 is 10.1 Å². The van der Waals surface area contributed by atoms with Gasteiger partial charge in [0.05, 0.1) is 12.8 Å². The summed E-state index contributed by atoms with van der Waals surface area (Å²) < 4.78 is 5.58. The molecule has 2 heterocycles. The highest BCUT2D eigenvalue weighted by Gasteiger charge is 2.07. The second-order valence-electron chi connectivity index (χ2n) is 6.61. The number of fused-ring (bicyclic) bond motifs is 1. The third kappa shape index (κ3) is 3.95. The highest BCUT2D eigenvalue weighted by Crippen LogP contribution is 2.29. The lowest BCUT2D eigenvalue weighted by Gasteiger charge is -2.13. The molecule has 4 nitrogen and oxygen atoms in total. The zero-order valence-electron chi connectivity index (χ0n) is 15.4. The number of hydrogen-bond donors (Lipinski definition) is 2. The van der Waals surface area contributed by atoms with Crippen molar-refractivity contribution in [2.45, 2.75) is 19.3 Å². The lowest BCUT2D eigenvalue weighted by Crippen LogP contribution is -1.97. The summed E-state index contributed by atoms with van der Waals surface area (Å²) in [5.41, 5.74) is 5.83. The van der Waals surface area contributed by atoms with E-state index in [1.165, 1.54) is 22.0 Å². The second-order valence-corrected chi connectivity index (χ2v) is 6.61. The van der Waals surface area contributed by atoms with Crippen LogP contribution in [0.15, 0.2) is 73.2 Å². The van der Waals surface area contributed by atoms with Gasteiger partial charge in [0, 0.05) is 35.2 Å². The van der Waals surface area contributed by atoms with Gasteiger partial charge in [0.15, 0.2) is 0 Å². The van der Waals surface area contributed by atoms with Crippen molar-refractivity contribution in [1.82, 2.24) is 9.97 Å². The van der Waals surface area contributed by atoms with Gasteiger partial charge in [-0.3, -0.25) is 4.98 Å². The molecule has 27 heavy (non-hydrogen) atoms. The van der Waals surface area contributed by atoms with Gasteiger partial charge in [-0.15, -0.1) is 0 Å². The Labute approximate surface area is 159 Å². The number of benzene rings is 2. The van der Waals surface area contributed by atoms with Gasteiger partial charge in [0.2, 0.25) is 0 Å². The summed E-state index contributed by atoms with van der Waals surface area (Å²) in [5, 5.41) is 4.71. The zero-order chi connectivity index (χ0) is 18.5. The molecule has 0 bridgehead atoms. The molecule has 0 unspecified atom stereocenters. The minimum absolute atomic E-state index is 0.858. The molecule has 0 atom stereocenters. The van der Waals surface area contributed by atoms with Crippen molar-refractivity contribution in [2.24, 2.45) is 0 Å². The summed E-state index contributed by atoms with van der Waals surface area (Å²) in [6.45, 7) is 0. The molecule has 0 saturated carbocycles. The lowest BCUT2D eigenvalue weighted by molar-refractivity contribution is 0.416. The van der Waals surface area contributed by atoms with E-state index in [0.717, 1.165) is 36.4 Å². The van der Waals surface area contributed by atoms with Gasteiger partial charge < -0.3 is 15.0 Å². The highest BCUT2D eigenvalue weighted by atomic mass is 16.5. The average Bonchev–Trinajstić information content (AvgIpc) is 3.13. The van der Waals surface area contributed by atoms with Crippen LogP contribution in [0, 0.1) is 0 Å². The molecule has 0 spiro atoms. The quantitative estimate of drug-likeness (QED) is 0.460. The van der Waals surface area contributed by atoms with E-state index in [4.69, 9.17) is 4.74 Å². The molecule has 2 aromatic heterocycles. The number of anilines is 2. The molecular weight excluding hydrogens is 334 g/mol. The number of nitrogens with zero attached hydrogens (tertiary/aromatic N) is 1. The van der Waals surface area contributed by atoms with E-state index in [1.807, 2.05) is 12.1 Å². The number of ether oxygens (including phenoxy) is 1. The second kappa shape index (κ2) is 7.96. The smallest absolute Gasteiger partial charge is 0.142 e. The average molecular weight is 357 g/mol. The van der Waals surface area contributed by atoms with E-state index >= 15 is 0 Å². The molecule has 0 aliphatic rings. The highest BCUT2D eigenvalue weighted by molar-refractivity contribution is 5.83. The van der Waals surface area contributed by atoms with E-state index in [9.17, 15) is 0 Å². The summed E-state index contributed by atoms with van der Waals surface area (Å²) in [5.74, 6) is 0.858. The monoisotopic (exact) mass is 357 g/mol. The van der Waals surface area contributed by atoms with Crippen LogP contribution >= 0.6 is 0 Å². The molecule has 0 fully saturated rings. The van der Waals surface area contributed by atoms with Crippen LogP contribution in [0.25, 0.3) is 10.9 Å². The number of aryl methyl sites for hydroxylation is 2. The van der Waals surface area contributed by atoms with Gasteiger partial charge in [0.25, 0.3) is 0 Å². The summed E-state index contributed by atoms with van der Waals surface area (Å²) >= 11 is 0. The Morgan fingerprint density at radius 3 is 2.70 bits per heavy atom. The van der Waals surface area contributed by atoms with E-state index < -0.39 is 0 Å². The fourth-order valence-corrected chi connectivity index (χ4v) is 3.41. The molecule has 4 rings (SSSR count). The predicted octanol–water partition coefficient (Wildman–Crippen LogP) is 5.49. The van der Waals surface area contributed by atoms with Gasteiger partial charge in [-0.05, 0) is 60.7 Å². The van der Waals surface area contributed by atoms with Crippen LogP contribution in [0.4, 0.5) is 11.4 Å². The number of H-pyrrole nitrogens is 1. The summed E-state index contributed by atoms with van der Waals surface area (Å²) in [6.07, 6.45) is 8.85. The topological polar surface area (TPSA) is 49.9 Å². The van der Waals surface area contributed by atoms with E-state index in [2.05, 4.69) is 63.9 Å². The summed E-state index contributed by atoms with van der Waals surface area (Å²) in [7, 11) is 1.71. The van der Waals surface area contributed by atoms with E-state index in [0.29, 0.717) is 0 Å². The van der Waals surface area contributed by atoms with Gasteiger partial charge >= 0.3 is 0 Å². The fourth-order valence-electron chi connectivity index (χ4n) is 3.41. The predicted molar refractivity (Wildman–Crippen MR) is 111 cm³/mol. The molecule has 0 aliphatic heterocycles. The first-order valence-electron chi connectivity index (χ1n) is 9.22. The number of aromatic amines is 1.